The van der Waals surface area contributed by atoms with Crippen molar-refractivity contribution in [2.75, 3.05) is 0 Å². The normalized spacial score (nSPS) is 38.0. The van der Waals surface area contributed by atoms with Gasteiger partial charge in [0.25, 0.3) is 0 Å². The van der Waals surface area contributed by atoms with Crippen molar-refractivity contribution < 1.29 is 10.2 Å². The maximum absolute atomic E-state index is 10.5. The van der Waals surface area contributed by atoms with E-state index in [2.05, 4.69) is 39.7 Å². The average Bonchev–Trinajstić information content (AvgIpc) is 2.85. The third-order valence-corrected chi connectivity index (χ3v) is 7.21. The summed E-state index contributed by atoms with van der Waals surface area (Å²) in [6, 6.07) is 3.93. The Balaban J connectivity index is 1.75. The number of rotatable bonds is 0. The molecular weight excluding hydrogens is 352 g/mol. The molecule has 0 spiro atoms. The van der Waals surface area contributed by atoms with Gasteiger partial charge in [-0.3, -0.25) is 0 Å². The van der Waals surface area contributed by atoms with E-state index in [1.807, 2.05) is 6.07 Å². The Bertz CT molecular complexity index is 702. The Morgan fingerprint density at radius 3 is 2.83 bits per heavy atom. The quantitative estimate of drug-likeness (QED) is 0.664. The molecule has 0 unspecified atom stereocenters. The van der Waals surface area contributed by atoms with Crippen LogP contribution in [0.25, 0.3) is 0 Å². The van der Waals surface area contributed by atoms with E-state index < -0.39 is 0 Å². The molecule has 2 nitrogen and oxygen atoms in total. The first-order valence-electron chi connectivity index (χ1n) is 8.70. The van der Waals surface area contributed by atoms with Crippen molar-refractivity contribution in [3.63, 3.8) is 0 Å². The molecule has 3 heteroatoms. The molecule has 1 aromatic carbocycles. The van der Waals surface area contributed by atoms with Gasteiger partial charge in [0.05, 0.1) is 11.7 Å². The number of benzene rings is 1. The molecule has 2 fully saturated rings. The van der Waals surface area contributed by atoms with Gasteiger partial charge >= 0.3 is 0 Å². The summed E-state index contributed by atoms with van der Waals surface area (Å²) < 4.78 is 0. The van der Waals surface area contributed by atoms with Crippen LogP contribution in [0.2, 0.25) is 0 Å². The number of aliphatic hydroxyl groups excluding tert-OH is 1. The van der Waals surface area contributed by atoms with Crippen LogP contribution in [-0.2, 0) is 6.42 Å². The van der Waals surface area contributed by atoms with E-state index in [-0.39, 0.29) is 11.5 Å². The highest BCUT2D eigenvalue weighted by molar-refractivity contribution is 9.12. The van der Waals surface area contributed by atoms with Gasteiger partial charge < -0.3 is 10.2 Å². The lowest BCUT2D eigenvalue weighted by atomic mass is 9.55. The van der Waals surface area contributed by atoms with Gasteiger partial charge in [0.2, 0.25) is 0 Å². The summed E-state index contributed by atoms with van der Waals surface area (Å²) in [4.78, 5) is 2.77. The summed E-state index contributed by atoms with van der Waals surface area (Å²) >= 11 is 3.17. The molecule has 0 aromatic heterocycles. The van der Waals surface area contributed by atoms with E-state index in [0.717, 1.165) is 37.7 Å². The largest absolute Gasteiger partial charge is 0.507 e. The first kappa shape index (κ1) is 15.5. The number of aromatic hydroxyl groups is 1. The highest BCUT2D eigenvalue weighted by Crippen LogP contribution is 2.61. The molecule has 0 radical (unpaired) electrons. The number of fused-ring (bicyclic) bond motifs is 5. The summed E-state index contributed by atoms with van der Waals surface area (Å²) in [6.45, 7) is 2.31. The van der Waals surface area contributed by atoms with Crippen molar-refractivity contribution in [1.82, 2.24) is 0 Å². The fraction of sp³-hybridized carbons (Fsp3) is 0.600. The second kappa shape index (κ2) is 5.53. The van der Waals surface area contributed by atoms with Crippen molar-refractivity contribution in [3.05, 3.63) is 28.8 Å². The van der Waals surface area contributed by atoms with Gasteiger partial charge in [0.1, 0.15) is 5.75 Å². The van der Waals surface area contributed by atoms with Crippen LogP contribution >= 0.6 is 15.9 Å². The second-order valence-electron chi connectivity index (χ2n) is 7.80. The molecule has 0 saturated heterocycles. The fourth-order valence-electron chi connectivity index (χ4n) is 5.81. The molecule has 5 atom stereocenters. The SMILES string of the molecule is C[C@]12CC[C@@H]3c4ccc(O)c(C#CBr)c4CC[C@H]3[C@@H]1CC[C@@H]2O. The van der Waals surface area contributed by atoms with Crippen molar-refractivity contribution in [2.45, 2.75) is 57.5 Å². The van der Waals surface area contributed by atoms with E-state index in [1.54, 1.807) is 0 Å². The van der Waals surface area contributed by atoms with Crippen LogP contribution in [0, 0.1) is 28.0 Å². The number of phenols is 1. The van der Waals surface area contributed by atoms with Gasteiger partial charge in [-0.2, -0.15) is 0 Å². The van der Waals surface area contributed by atoms with Gasteiger partial charge in [-0.05, 0) is 83.7 Å². The minimum Gasteiger partial charge on any atom is -0.507 e. The number of hydrogen-bond donors (Lipinski definition) is 2. The van der Waals surface area contributed by atoms with E-state index in [9.17, 15) is 10.2 Å². The molecule has 2 saturated carbocycles. The molecule has 0 heterocycles. The molecule has 0 bridgehead atoms. The standard InChI is InChI=1S/C20H23BrO2/c1-20-10-8-14-12-4-6-18(22)16(9-11-21)13(12)2-3-15(14)17(20)5-7-19(20)23/h4,6,14-15,17,19,22-23H,2-3,5,7-8,10H2,1H3/t14-,15-,17+,19+,20+/m1/s1. The Labute approximate surface area is 146 Å². The predicted molar refractivity (Wildman–Crippen MR) is 94.5 cm³/mol. The highest BCUT2D eigenvalue weighted by Gasteiger charge is 2.54. The first-order valence-corrected chi connectivity index (χ1v) is 9.50. The Morgan fingerprint density at radius 2 is 2.04 bits per heavy atom. The molecule has 1 aromatic rings. The van der Waals surface area contributed by atoms with Gasteiger partial charge in [-0.1, -0.05) is 18.9 Å². The van der Waals surface area contributed by atoms with Crippen LogP contribution in [0.4, 0.5) is 0 Å². The number of hydrogen-bond acceptors (Lipinski definition) is 2. The molecule has 0 amide bonds. The van der Waals surface area contributed by atoms with E-state index in [1.165, 1.54) is 17.5 Å². The van der Waals surface area contributed by atoms with Gasteiger partial charge in [-0.15, -0.1) is 0 Å². The number of aliphatic hydroxyl groups is 1. The molecule has 2 N–H and O–H groups in total. The molecule has 23 heavy (non-hydrogen) atoms. The monoisotopic (exact) mass is 374 g/mol. The maximum atomic E-state index is 10.5. The van der Waals surface area contributed by atoms with E-state index in [0.29, 0.717) is 23.5 Å². The predicted octanol–water partition coefficient (Wildman–Crippen LogP) is 4.31. The third-order valence-electron chi connectivity index (χ3n) is 7.01. The van der Waals surface area contributed by atoms with Crippen molar-refractivity contribution in [2.24, 2.45) is 17.3 Å². The average molecular weight is 375 g/mol. The summed E-state index contributed by atoms with van der Waals surface area (Å²) in [5.74, 6) is 5.22. The Morgan fingerprint density at radius 1 is 1.22 bits per heavy atom. The van der Waals surface area contributed by atoms with Gasteiger partial charge in [0, 0.05) is 15.9 Å². The zero-order valence-electron chi connectivity index (χ0n) is 13.5. The molecule has 4 rings (SSSR count). The lowest BCUT2D eigenvalue weighted by Gasteiger charge is -2.50. The summed E-state index contributed by atoms with van der Waals surface area (Å²) in [5.41, 5.74) is 3.57. The zero-order chi connectivity index (χ0) is 16.2. The number of phenolic OH excluding ortho intramolecular Hbond substituents is 1. The van der Waals surface area contributed by atoms with Crippen LogP contribution in [-0.4, -0.2) is 16.3 Å². The van der Waals surface area contributed by atoms with Crippen molar-refractivity contribution in [3.8, 4) is 16.5 Å². The van der Waals surface area contributed by atoms with E-state index >= 15 is 0 Å². The smallest absolute Gasteiger partial charge is 0.131 e. The minimum atomic E-state index is -0.121. The second-order valence-corrected chi connectivity index (χ2v) is 8.20. The van der Waals surface area contributed by atoms with Crippen LogP contribution in [0.15, 0.2) is 12.1 Å². The Hall–Kier alpha value is -0.980. The highest BCUT2D eigenvalue weighted by atomic mass is 79.9. The van der Waals surface area contributed by atoms with Crippen molar-refractivity contribution in [1.29, 1.82) is 0 Å². The molecule has 0 aliphatic heterocycles. The molecular formula is C20H23BrO2. The maximum Gasteiger partial charge on any atom is 0.131 e. The molecule has 3 aliphatic carbocycles. The summed E-state index contributed by atoms with van der Waals surface area (Å²) in [5, 5.41) is 20.6. The van der Waals surface area contributed by atoms with Crippen LogP contribution < -0.4 is 0 Å². The summed E-state index contributed by atoms with van der Waals surface area (Å²) in [6.07, 6.45) is 6.42. The Kier molecular flexibility index (Phi) is 3.74. The topological polar surface area (TPSA) is 40.5 Å². The lowest BCUT2D eigenvalue weighted by molar-refractivity contribution is -0.0226. The molecule has 3 aliphatic rings. The van der Waals surface area contributed by atoms with Crippen LogP contribution in [0.1, 0.15) is 61.6 Å². The van der Waals surface area contributed by atoms with Gasteiger partial charge in [-0.25, -0.2) is 0 Å². The van der Waals surface area contributed by atoms with Gasteiger partial charge in [0.15, 0.2) is 0 Å². The zero-order valence-corrected chi connectivity index (χ0v) is 15.1. The fourth-order valence-corrected chi connectivity index (χ4v) is 6.01. The van der Waals surface area contributed by atoms with Crippen LogP contribution in [0.3, 0.4) is 0 Å². The lowest BCUT2D eigenvalue weighted by Crippen LogP contribution is -2.44. The minimum absolute atomic E-state index is 0.119. The summed E-state index contributed by atoms with van der Waals surface area (Å²) in [7, 11) is 0. The first-order chi connectivity index (χ1) is 11.1. The molecule has 122 valence electrons. The number of halogens is 1. The van der Waals surface area contributed by atoms with Crippen LogP contribution in [0.5, 0.6) is 5.75 Å². The van der Waals surface area contributed by atoms with Crippen molar-refractivity contribution >= 4 is 15.9 Å². The third kappa shape index (κ3) is 2.18. The van der Waals surface area contributed by atoms with E-state index in [4.69, 9.17) is 0 Å².